The van der Waals surface area contributed by atoms with Gasteiger partial charge in [0.25, 0.3) is 0 Å². The Morgan fingerprint density at radius 3 is 1.92 bits per heavy atom. The highest BCUT2D eigenvalue weighted by Gasteiger charge is 2.27. The first-order valence-electron chi connectivity index (χ1n) is 6.91. The SMILES string of the molecule is NC(CO)C(=O)NCC(=O)NC(CO)C(=O)NC(CC(=O)O)C(=O)O. The molecule has 3 amide bonds. The second-order valence-electron chi connectivity index (χ2n) is 4.81. The molecule has 0 aliphatic heterocycles. The van der Waals surface area contributed by atoms with Gasteiger partial charge in [0.1, 0.15) is 18.1 Å². The average molecular weight is 364 g/mol. The summed E-state index contributed by atoms with van der Waals surface area (Å²) in [4.78, 5) is 56.1. The molecule has 25 heavy (non-hydrogen) atoms. The quantitative estimate of drug-likeness (QED) is 0.174. The van der Waals surface area contributed by atoms with Crippen LogP contribution in [0.2, 0.25) is 0 Å². The van der Waals surface area contributed by atoms with Gasteiger partial charge in [-0.15, -0.1) is 0 Å². The number of carboxylic acid groups (broad SMARTS) is 2. The van der Waals surface area contributed by atoms with Crippen molar-refractivity contribution in [1.29, 1.82) is 0 Å². The van der Waals surface area contributed by atoms with Gasteiger partial charge in [0.15, 0.2) is 0 Å². The molecule has 3 unspecified atom stereocenters. The third kappa shape index (κ3) is 8.59. The summed E-state index contributed by atoms with van der Waals surface area (Å²) in [5.41, 5.74) is 5.20. The zero-order chi connectivity index (χ0) is 19.6. The average Bonchev–Trinajstić information content (AvgIpc) is 2.55. The molecule has 13 heteroatoms. The number of aliphatic hydroxyl groups excluding tert-OH is 2. The first kappa shape index (κ1) is 22.2. The Balaban J connectivity index is 4.62. The minimum Gasteiger partial charge on any atom is -0.481 e. The third-order valence-electron chi connectivity index (χ3n) is 2.78. The van der Waals surface area contributed by atoms with Gasteiger partial charge in [-0.05, 0) is 0 Å². The van der Waals surface area contributed by atoms with Crippen LogP contribution in [-0.4, -0.2) is 88.0 Å². The molecule has 0 radical (unpaired) electrons. The summed E-state index contributed by atoms with van der Waals surface area (Å²) in [5.74, 6) is -5.93. The van der Waals surface area contributed by atoms with Gasteiger partial charge in [-0.2, -0.15) is 0 Å². The molecule has 9 N–H and O–H groups in total. The Bertz CT molecular complexity index is 525. The molecule has 0 fully saturated rings. The van der Waals surface area contributed by atoms with Crippen molar-refractivity contribution < 1.29 is 44.4 Å². The lowest BCUT2D eigenvalue weighted by atomic mass is 10.2. The third-order valence-corrected chi connectivity index (χ3v) is 2.78. The normalized spacial score (nSPS) is 13.9. The number of aliphatic carboxylic acids is 2. The molecule has 0 spiro atoms. The van der Waals surface area contributed by atoms with Crippen molar-refractivity contribution in [3.8, 4) is 0 Å². The van der Waals surface area contributed by atoms with Gasteiger partial charge in [-0.1, -0.05) is 0 Å². The first-order chi connectivity index (χ1) is 11.6. The Hall–Kier alpha value is -2.77. The van der Waals surface area contributed by atoms with Crippen molar-refractivity contribution in [2.75, 3.05) is 19.8 Å². The van der Waals surface area contributed by atoms with Crippen molar-refractivity contribution in [2.45, 2.75) is 24.5 Å². The molecule has 0 aromatic carbocycles. The molecule has 0 rings (SSSR count). The van der Waals surface area contributed by atoms with Crippen molar-refractivity contribution in [3.05, 3.63) is 0 Å². The molecule has 0 saturated carbocycles. The van der Waals surface area contributed by atoms with E-state index in [9.17, 15) is 24.0 Å². The predicted molar refractivity (Wildman–Crippen MR) is 78.9 cm³/mol. The molecule has 0 heterocycles. The highest BCUT2D eigenvalue weighted by atomic mass is 16.4. The minimum absolute atomic E-state index is 0.617. The van der Waals surface area contributed by atoms with E-state index in [-0.39, 0.29) is 0 Å². The molecule has 0 aromatic heterocycles. The Morgan fingerprint density at radius 1 is 0.880 bits per heavy atom. The molecular weight excluding hydrogens is 344 g/mol. The Morgan fingerprint density at radius 2 is 1.48 bits per heavy atom. The molecular formula is C12H20N4O9. The smallest absolute Gasteiger partial charge is 0.326 e. The van der Waals surface area contributed by atoms with Crippen molar-refractivity contribution in [3.63, 3.8) is 0 Å². The predicted octanol–water partition coefficient (Wildman–Crippen LogP) is -5.06. The van der Waals surface area contributed by atoms with Gasteiger partial charge in [0, 0.05) is 0 Å². The van der Waals surface area contributed by atoms with E-state index >= 15 is 0 Å². The van der Waals surface area contributed by atoms with Gasteiger partial charge in [0.05, 0.1) is 26.2 Å². The number of aliphatic hydroxyl groups is 2. The number of nitrogens with one attached hydrogen (secondary N) is 3. The van der Waals surface area contributed by atoms with E-state index in [4.69, 9.17) is 26.2 Å². The molecule has 0 saturated heterocycles. The van der Waals surface area contributed by atoms with Crippen LogP contribution in [0, 0.1) is 0 Å². The number of carboxylic acids is 2. The van der Waals surface area contributed by atoms with E-state index in [0.29, 0.717) is 0 Å². The summed E-state index contributed by atoms with van der Waals surface area (Å²) >= 11 is 0. The van der Waals surface area contributed by atoms with Crippen LogP contribution < -0.4 is 21.7 Å². The summed E-state index contributed by atoms with van der Waals surface area (Å²) in [6.45, 7) is -2.16. The Labute approximate surface area is 141 Å². The first-order valence-corrected chi connectivity index (χ1v) is 6.91. The molecule has 0 aliphatic carbocycles. The molecule has 142 valence electrons. The number of hydrogen-bond acceptors (Lipinski definition) is 8. The van der Waals surface area contributed by atoms with Crippen LogP contribution in [-0.2, 0) is 24.0 Å². The Kier molecular flexibility index (Phi) is 9.69. The number of carbonyl (C=O) groups is 5. The van der Waals surface area contributed by atoms with Crippen LogP contribution in [0.5, 0.6) is 0 Å². The van der Waals surface area contributed by atoms with E-state index in [0.717, 1.165) is 0 Å². The summed E-state index contributed by atoms with van der Waals surface area (Å²) < 4.78 is 0. The minimum atomic E-state index is -1.75. The summed E-state index contributed by atoms with van der Waals surface area (Å²) in [6.07, 6.45) is -0.901. The maximum absolute atomic E-state index is 11.8. The second-order valence-corrected chi connectivity index (χ2v) is 4.81. The standard InChI is InChI=1S/C12H20N4O9/c13-5(3-17)10(22)14-2-8(19)15-7(4-18)11(23)16-6(12(24)25)1-9(20)21/h5-7,17-18H,1-4,13H2,(H,14,22)(H,15,19)(H,16,23)(H,20,21)(H,24,25). The van der Waals surface area contributed by atoms with Crippen LogP contribution in [0.3, 0.4) is 0 Å². The summed E-state index contributed by atoms with van der Waals surface area (Å²) in [7, 11) is 0. The zero-order valence-electron chi connectivity index (χ0n) is 13.0. The monoisotopic (exact) mass is 364 g/mol. The van der Waals surface area contributed by atoms with Crippen LogP contribution in [0.1, 0.15) is 6.42 Å². The number of amides is 3. The largest absolute Gasteiger partial charge is 0.481 e. The maximum Gasteiger partial charge on any atom is 0.326 e. The van der Waals surface area contributed by atoms with Gasteiger partial charge < -0.3 is 42.1 Å². The van der Waals surface area contributed by atoms with E-state index < -0.39 is 74.0 Å². The number of rotatable bonds is 11. The van der Waals surface area contributed by atoms with Crippen molar-refractivity contribution in [1.82, 2.24) is 16.0 Å². The van der Waals surface area contributed by atoms with E-state index in [2.05, 4.69) is 5.32 Å². The number of carbonyl (C=O) groups excluding carboxylic acids is 3. The summed E-state index contributed by atoms with van der Waals surface area (Å²) in [6, 6.07) is -4.55. The lowest BCUT2D eigenvalue weighted by molar-refractivity contribution is -0.147. The summed E-state index contributed by atoms with van der Waals surface area (Å²) in [5, 5.41) is 41.1. The van der Waals surface area contributed by atoms with Gasteiger partial charge in [-0.25, -0.2) is 4.79 Å². The van der Waals surface area contributed by atoms with Crippen LogP contribution >= 0.6 is 0 Å². The van der Waals surface area contributed by atoms with Crippen molar-refractivity contribution >= 4 is 29.7 Å². The van der Waals surface area contributed by atoms with E-state index in [1.165, 1.54) is 0 Å². The maximum atomic E-state index is 11.8. The highest BCUT2D eigenvalue weighted by molar-refractivity contribution is 5.93. The van der Waals surface area contributed by atoms with E-state index in [1.807, 2.05) is 10.6 Å². The molecule has 0 aromatic rings. The lowest BCUT2D eigenvalue weighted by Gasteiger charge is -2.19. The van der Waals surface area contributed by atoms with Gasteiger partial charge >= 0.3 is 11.9 Å². The molecule has 3 atom stereocenters. The highest BCUT2D eigenvalue weighted by Crippen LogP contribution is 1.95. The fourth-order valence-electron chi connectivity index (χ4n) is 1.47. The zero-order valence-corrected chi connectivity index (χ0v) is 13.0. The van der Waals surface area contributed by atoms with E-state index in [1.54, 1.807) is 0 Å². The fraction of sp³-hybridized carbons (Fsp3) is 0.583. The fourth-order valence-corrected chi connectivity index (χ4v) is 1.47. The second kappa shape index (κ2) is 10.9. The lowest BCUT2D eigenvalue weighted by Crippen LogP contribution is -2.55. The van der Waals surface area contributed by atoms with Crippen LogP contribution in [0.25, 0.3) is 0 Å². The number of hydrogen-bond donors (Lipinski definition) is 8. The molecule has 13 nitrogen and oxygen atoms in total. The van der Waals surface area contributed by atoms with Crippen LogP contribution in [0.15, 0.2) is 0 Å². The molecule has 0 aliphatic rings. The van der Waals surface area contributed by atoms with Gasteiger partial charge in [0.2, 0.25) is 17.7 Å². The van der Waals surface area contributed by atoms with Gasteiger partial charge in [-0.3, -0.25) is 19.2 Å². The number of nitrogens with two attached hydrogens (primary N) is 1. The molecule has 0 bridgehead atoms. The van der Waals surface area contributed by atoms with Crippen molar-refractivity contribution in [2.24, 2.45) is 5.73 Å². The van der Waals surface area contributed by atoms with Crippen LogP contribution in [0.4, 0.5) is 0 Å². The topological polar surface area (TPSA) is 228 Å².